The second-order valence-electron chi connectivity index (χ2n) is 5.88. The van der Waals surface area contributed by atoms with Crippen molar-refractivity contribution in [1.82, 2.24) is 20.3 Å². The summed E-state index contributed by atoms with van der Waals surface area (Å²) < 4.78 is 0. The van der Waals surface area contributed by atoms with Gasteiger partial charge in [0, 0.05) is 48.8 Å². The van der Waals surface area contributed by atoms with Crippen LogP contribution in [0.1, 0.15) is 0 Å². The Balaban J connectivity index is 1.50. The summed E-state index contributed by atoms with van der Waals surface area (Å²) >= 11 is 0. The Morgan fingerprint density at radius 2 is 2.12 bits per heavy atom. The Kier molecular flexibility index (Phi) is 4.02. The summed E-state index contributed by atoms with van der Waals surface area (Å²) in [5, 5.41) is 17.0. The van der Waals surface area contributed by atoms with Gasteiger partial charge < -0.3 is 25.6 Å². The largest absolute Gasteiger partial charge is 0.394 e. The van der Waals surface area contributed by atoms with E-state index in [-0.39, 0.29) is 12.6 Å². The molecular weight excluding hydrogens is 304 g/mol. The molecule has 2 aromatic heterocycles. The molecule has 0 radical (unpaired) electrons. The van der Waals surface area contributed by atoms with Crippen molar-refractivity contribution in [1.29, 1.82) is 0 Å². The third-order valence-electron chi connectivity index (χ3n) is 4.32. The van der Waals surface area contributed by atoms with E-state index in [1.165, 1.54) is 0 Å². The van der Waals surface area contributed by atoms with Crippen molar-refractivity contribution in [2.24, 2.45) is 0 Å². The summed E-state index contributed by atoms with van der Waals surface area (Å²) in [6, 6.07) is 10.2. The van der Waals surface area contributed by atoms with E-state index >= 15 is 0 Å². The van der Waals surface area contributed by atoms with E-state index < -0.39 is 0 Å². The first kappa shape index (κ1) is 14.9. The number of aromatic amines is 1. The summed E-state index contributed by atoms with van der Waals surface area (Å²) in [6.45, 7) is 2.78. The minimum Gasteiger partial charge on any atom is -0.394 e. The molecule has 1 atom stereocenters. The molecule has 3 heterocycles. The molecular formula is C17H20N6O. The first-order valence-corrected chi connectivity index (χ1v) is 8.09. The van der Waals surface area contributed by atoms with E-state index in [2.05, 4.69) is 42.6 Å². The van der Waals surface area contributed by atoms with Gasteiger partial charge in [-0.15, -0.1) is 0 Å². The molecule has 24 heavy (non-hydrogen) atoms. The highest BCUT2D eigenvalue weighted by Gasteiger charge is 2.21. The van der Waals surface area contributed by atoms with Crippen LogP contribution in [0.3, 0.4) is 0 Å². The number of hydrogen-bond acceptors (Lipinski definition) is 6. The lowest BCUT2D eigenvalue weighted by Gasteiger charge is -2.37. The third-order valence-corrected chi connectivity index (χ3v) is 4.32. The van der Waals surface area contributed by atoms with Crippen LogP contribution in [0.25, 0.3) is 11.0 Å². The predicted octanol–water partition coefficient (Wildman–Crippen LogP) is 1.47. The highest BCUT2D eigenvalue weighted by molar-refractivity contribution is 5.75. The fraction of sp³-hybridized carbons (Fsp3) is 0.294. The molecule has 0 aliphatic carbocycles. The van der Waals surface area contributed by atoms with Gasteiger partial charge in [0.25, 0.3) is 0 Å². The smallest absolute Gasteiger partial charge is 0.229 e. The zero-order valence-corrected chi connectivity index (χ0v) is 13.2. The van der Waals surface area contributed by atoms with Crippen molar-refractivity contribution in [2.75, 3.05) is 36.5 Å². The lowest BCUT2D eigenvalue weighted by molar-refractivity contribution is 0.246. The van der Waals surface area contributed by atoms with Gasteiger partial charge in [0.2, 0.25) is 5.95 Å². The summed E-state index contributed by atoms with van der Waals surface area (Å²) in [5.74, 6) is 0.563. The van der Waals surface area contributed by atoms with Gasteiger partial charge in [-0.25, -0.2) is 4.98 Å². The second-order valence-corrected chi connectivity index (χ2v) is 5.88. The number of piperazine rings is 1. The van der Waals surface area contributed by atoms with E-state index in [0.29, 0.717) is 5.95 Å². The molecule has 0 spiro atoms. The average molecular weight is 324 g/mol. The zero-order valence-electron chi connectivity index (χ0n) is 13.2. The van der Waals surface area contributed by atoms with Gasteiger partial charge in [-0.1, -0.05) is 0 Å². The quantitative estimate of drug-likeness (QED) is 0.581. The van der Waals surface area contributed by atoms with Crippen molar-refractivity contribution in [3.05, 3.63) is 42.7 Å². The number of nitrogens with zero attached hydrogens (tertiary/aromatic N) is 3. The number of nitrogens with one attached hydrogen (secondary N) is 3. The second kappa shape index (κ2) is 6.46. The number of aliphatic hydroxyl groups is 1. The first-order valence-electron chi connectivity index (χ1n) is 8.09. The molecule has 3 aromatic rings. The van der Waals surface area contributed by atoms with Crippen LogP contribution in [0.4, 0.5) is 17.3 Å². The number of hydrogen-bond donors (Lipinski definition) is 4. The third kappa shape index (κ3) is 2.91. The standard InChI is InChI=1S/C17H20N6O/c24-11-15-10-18-7-8-23(15)14-3-1-13(2-4-14)21-17-20-9-12-5-6-19-16(12)22-17/h1-6,9,15,18,24H,7-8,10-11H2,(H2,19,20,21,22). The molecule has 1 aliphatic rings. The number of anilines is 3. The summed E-state index contributed by atoms with van der Waals surface area (Å²) in [7, 11) is 0. The Hall–Kier alpha value is -2.64. The molecule has 1 fully saturated rings. The van der Waals surface area contributed by atoms with E-state index in [4.69, 9.17) is 0 Å². The molecule has 4 rings (SSSR count). The summed E-state index contributed by atoms with van der Waals surface area (Å²) in [5.41, 5.74) is 2.86. The fourth-order valence-corrected chi connectivity index (χ4v) is 3.03. The van der Waals surface area contributed by atoms with Gasteiger partial charge in [-0.05, 0) is 30.3 Å². The lowest BCUT2D eigenvalue weighted by atomic mass is 10.1. The highest BCUT2D eigenvalue weighted by Crippen LogP contribution is 2.22. The van der Waals surface area contributed by atoms with Crippen molar-refractivity contribution >= 4 is 28.4 Å². The van der Waals surface area contributed by atoms with Crippen molar-refractivity contribution in [3.8, 4) is 0 Å². The van der Waals surface area contributed by atoms with Gasteiger partial charge in [0.05, 0.1) is 12.6 Å². The normalized spacial score (nSPS) is 18.0. The minimum atomic E-state index is 0.121. The van der Waals surface area contributed by atoms with Gasteiger partial charge in [0.15, 0.2) is 0 Å². The average Bonchev–Trinajstić information content (AvgIpc) is 3.10. The molecule has 7 nitrogen and oxygen atoms in total. The lowest BCUT2D eigenvalue weighted by Crippen LogP contribution is -2.53. The van der Waals surface area contributed by atoms with Crippen LogP contribution in [-0.2, 0) is 0 Å². The molecule has 0 bridgehead atoms. The van der Waals surface area contributed by atoms with Crippen molar-refractivity contribution in [3.63, 3.8) is 0 Å². The Morgan fingerprint density at radius 1 is 1.25 bits per heavy atom. The van der Waals surface area contributed by atoms with Gasteiger partial charge in [0.1, 0.15) is 5.65 Å². The van der Waals surface area contributed by atoms with Crippen molar-refractivity contribution in [2.45, 2.75) is 6.04 Å². The van der Waals surface area contributed by atoms with Crippen LogP contribution >= 0.6 is 0 Å². The minimum absolute atomic E-state index is 0.121. The number of fused-ring (bicyclic) bond motifs is 1. The van der Waals surface area contributed by atoms with Crippen molar-refractivity contribution < 1.29 is 5.11 Å². The zero-order chi connectivity index (χ0) is 16.4. The monoisotopic (exact) mass is 324 g/mol. The van der Waals surface area contributed by atoms with Gasteiger partial charge in [-0.3, -0.25) is 0 Å². The Labute approximate surface area is 139 Å². The first-order chi connectivity index (χ1) is 11.8. The van der Waals surface area contributed by atoms with Crippen LogP contribution in [0.2, 0.25) is 0 Å². The van der Waals surface area contributed by atoms with E-state index in [1.54, 1.807) is 6.20 Å². The fourth-order valence-electron chi connectivity index (χ4n) is 3.03. The number of aliphatic hydroxyl groups excluding tert-OH is 1. The maximum absolute atomic E-state index is 9.53. The Morgan fingerprint density at radius 3 is 2.96 bits per heavy atom. The molecule has 124 valence electrons. The molecule has 1 aliphatic heterocycles. The molecule has 1 saturated heterocycles. The maximum atomic E-state index is 9.53. The molecule has 1 unspecified atom stereocenters. The van der Waals surface area contributed by atoms with Crippen LogP contribution in [-0.4, -0.2) is 52.3 Å². The molecule has 0 saturated carbocycles. The van der Waals surface area contributed by atoms with Gasteiger partial charge >= 0.3 is 0 Å². The van der Waals surface area contributed by atoms with E-state index in [1.807, 2.05) is 24.4 Å². The molecule has 1 aromatic carbocycles. The number of benzene rings is 1. The number of H-pyrrole nitrogens is 1. The summed E-state index contributed by atoms with van der Waals surface area (Å²) in [4.78, 5) is 14.1. The molecule has 0 amide bonds. The van der Waals surface area contributed by atoms with Gasteiger partial charge in [-0.2, -0.15) is 4.98 Å². The number of rotatable bonds is 4. The Bertz CT molecular complexity index is 815. The number of aromatic nitrogens is 3. The molecule has 7 heteroatoms. The maximum Gasteiger partial charge on any atom is 0.229 e. The van der Waals surface area contributed by atoms with E-state index in [9.17, 15) is 5.11 Å². The summed E-state index contributed by atoms with van der Waals surface area (Å²) in [6.07, 6.45) is 3.64. The van der Waals surface area contributed by atoms with Crippen LogP contribution in [0, 0.1) is 0 Å². The van der Waals surface area contributed by atoms with Crippen LogP contribution in [0.15, 0.2) is 42.7 Å². The molecule has 4 N–H and O–H groups in total. The highest BCUT2D eigenvalue weighted by atomic mass is 16.3. The topological polar surface area (TPSA) is 89.1 Å². The van der Waals surface area contributed by atoms with Crippen LogP contribution in [0.5, 0.6) is 0 Å². The predicted molar refractivity (Wildman–Crippen MR) is 94.7 cm³/mol. The van der Waals surface area contributed by atoms with E-state index in [0.717, 1.165) is 42.0 Å². The van der Waals surface area contributed by atoms with Crippen LogP contribution < -0.4 is 15.5 Å². The SMILES string of the molecule is OCC1CNCCN1c1ccc(Nc2ncc3cc[nH]c3n2)cc1.